The van der Waals surface area contributed by atoms with Gasteiger partial charge in [-0.1, -0.05) is 23.7 Å². The number of rotatable bonds is 3. The van der Waals surface area contributed by atoms with Gasteiger partial charge in [-0.05, 0) is 24.5 Å². The second kappa shape index (κ2) is 4.74. The molecule has 0 spiro atoms. The smallest absolute Gasteiger partial charge is 0.223 e. The molecule has 1 aliphatic rings. The van der Waals surface area contributed by atoms with Crippen molar-refractivity contribution in [3.8, 4) is 0 Å². The molecule has 0 unspecified atom stereocenters. The van der Waals surface area contributed by atoms with Gasteiger partial charge in [0.25, 0.3) is 0 Å². The number of hydrogen-bond donors (Lipinski definition) is 1. The summed E-state index contributed by atoms with van der Waals surface area (Å²) < 4.78 is 13.8. The van der Waals surface area contributed by atoms with Gasteiger partial charge in [-0.3, -0.25) is 0 Å². The van der Waals surface area contributed by atoms with Gasteiger partial charge in [0.2, 0.25) is 5.95 Å². The molecule has 6 heteroatoms. The average Bonchev–Trinajstić information content (AvgIpc) is 3.18. The van der Waals surface area contributed by atoms with Crippen molar-refractivity contribution >= 4 is 17.5 Å². The Morgan fingerprint density at radius 1 is 1.26 bits per heavy atom. The lowest BCUT2D eigenvalue weighted by Gasteiger charge is -2.06. The van der Waals surface area contributed by atoms with Crippen LogP contribution in [0.25, 0.3) is 0 Å². The molecule has 0 aliphatic heterocycles. The van der Waals surface area contributed by atoms with Crippen molar-refractivity contribution in [2.45, 2.75) is 25.2 Å². The molecule has 1 aromatic carbocycles. The molecule has 3 rings (SSSR count). The van der Waals surface area contributed by atoms with Crippen LogP contribution in [0.1, 0.15) is 36.0 Å². The Labute approximate surface area is 114 Å². The molecule has 1 fully saturated rings. The molecule has 2 aromatic rings. The SMILES string of the molecule is Nc1nc(Cc2cccc(Cl)c2F)nc(C2CC2)n1. The van der Waals surface area contributed by atoms with Crippen LogP contribution in [0, 0.1) is 5.82 Å². The molecule has 0 atom stereocenters. The molecule has 0 radical (unpaired) electrons. The maximum atomic E-state index is 13.8. The van der Waals surface area contributed by atoms with Gasteiger partial charge in [0.05, 0.1) is 5.02 Å². The minimum absolute atomic E-state index is 0.0990. The Bertz CT molecular complexity index is 628. The molecule has 1 heterocycles. The number of nitrogens with zero attached hydrogens (tertiary/aromatic N) is 3. The fourth-order valence-corrected chi connectivity index (χ4v) is 2.11. The van der Waals surface area contributed by atoms with E-state index in [2.05, 4.69) is 15.0 Å². The highest BCUT2D eigenvalue weighted by Gasteiger charge is 2.27. The lowest BCUT2D eigenvalue weighted by atomic mass is 10.1. The van der Waals surface area contributed by atoms with E-state index in [9.17, 15) is 4.39 Å². The first-order valence-corrected chi connectivity index (χ1v) is 6.44. The molecular formula is C13H12ClFN4. The van der Waals surface area contributed by atoms with Gasteiger partial charge in [0.1, 0.15) is 17.5 Å². The van der Waals surface area contributed by atoms with E-state index in [0.29, 0.717) is 23.1 Å². The van der Waals surface area contributed by atoms with E-state index in [1.807, 2.05) is 0 Å². The second-order valence-electron chi connectivity index (χ2n) is 4.63. The highest BCUT2D eigenvalue weighted by atomic mass is 35.5. The molecule has 0 amide bonds. The van der Waals surface area contributed by atoms with Crippen LogP contribution in [0.3, 0.4) is 0 Å². The fraction of sp³-hybridized carbons (Fsp3) is 0.308. The van der Waals surface area contributed by atoms with Gasteiger partial charge in [-0.2, -0.15) is 9.97 Å². The van der Waals surface area contributed by atoms with Crippen LogP contribution in [0.5, 0.6) is 0 Å². The predicted octanol–water partition coefficient (Wildman–Crippen LogP) is 2.71. The van der Waals surface area contributed by atoms with E-state index in [4.69, 9.17) is 17.3 Å². The second-order valence-corrected chi connectivity index (χ2v) is 5.04. The molecule has 2 N–H and O–H groups in total. The Balaban J connectivity index is 1.92. The molecule has 1 saturated carbocycles. The van der Waals surface area contributed by atoms with Crippen LogP contribution >= 0.6 is 11.6 Å². The first kappa shape index (κ1) is 12.3. The standard InChI is InChI=1S/C13H12ClFN4/c14-9-3-1-2-8(11(9)15)6-10-17-12(7-4-5-7)19-13(16)18-10/h1-3,7H,4-6H2,(H2,16,17,18,19). The predicted molar refractivity (Wildman–Crippen MR) is 70.4 cm³/mol. The van der Waals surface area contributed by atoms with Gasteiger partial charge < -0.3 is 5.73 Å². The molecule has 1 aromatic heterocycles. The Kier molecular flexibility index (Phi) is 3.06. The number of hydrogen-bond acceptors (Lipinski definition) is 4. The van der Waals surface area contributed by atoms with Crippen molar-refractivity contribution in [3.05, 3.63) is 46.3 Å². The van der Waals surface area contributed by atoms with Crippen molar-refractivity contribution in [2.75, 3.05) is 5.73 Å². The monoisotopic (exact) mass is 278 g/mol. The van der Waals surface area contributed by atoms with Crippen LogP contribution in [0.4, 0.5) is 10.3 Å². The van der Waals surface area contributed by atoms with Gasteiger partial charge in [-0.25, -0.2) is 9.37 Å². The van der Waals surface area contributed by atoms with Gasteiger partial charge >= 0.3 is 0 Å². The Morgan fingerprint density at radius 3 is 2.79 bits per heavy atom. The van der Waals surface area contributed by atoms with Crippen LogP contribution in [-0.2, 0) is 6.42 Å². The largest absolute Gasteiger partial charge is 0.368 e. The van der Waals surface area contributed by atoms with Crippen molar-refractivity contribution < 1.29 is 4.39 Å². The summed E-state index contributed by atoms with van der Waals surface area (Å²) in [5.74, 6) is 1.33. The van der Waals surface area contributed by atoms with Gasteiger partial charge in [-0.15, -0.1) is 0 Å². The lowest BCUT2D eigenvalue weighted by Crippen LogP contribution is -2.08. The summed E-state index contributed by atoms with van der Waals surface area (Å²) in [6, 6.07) is 4.88. The number of benzene rings is 1. The number of anilines is 1. The first-order valence-electron chi connectivity index (χ1n) is 6.06. The quantitative estimate of drug-likeness (QED) is 0.937. The summed E-state index contributed by atoms with van der Waals surface area (Å²) in [7, 11) is 0. The van der Waals surface area contributed by atoms with Crippen molar-refractivity contribution in [1.29, 1.82) is 0 Å². The maximum Gasteiger partial charge on any atom is 0.223 e. The zero-order valence-electron chi connectivity index (χ0n) is 10.1. The molecule has 0 saturated heterocycles. The minimum Gasteiger partial charge on any atom is -0.368 e. The summed E-state index contributed by atoms with van der Waals surface area (Å²) >= 11 is 5.75. The van der Waals surface area contributed by atoms with Gasteiger partial charge in [0, 0.05) is 12.3 Å². The number of nitrogens with two attached hydrogens (primary N) is 1. The number of aromatic nitrogens is 3. The van der Waals surface area contributed by atoms with Crippen molar-refractivity contribution in [3.63, 3.8) is 0 Å². The number of nitrogen functional groups attached to an aromatic ring is 1. The summed E-state index contributed by atoms with van der Waals surface area (Å²) in [6.45, 7) is 0. The van der Waals surface area contributed by atoms with Crippen molar-refractivity contribution in [2.24, 2.45) is 0 Å². The zero-order chi connectivity index (χ0) is 13.4. The van der Waals surface area contributed by atoms with Gasteiger partial charge in [0.15, 0.2) is 0 Å². The third-order valence-corrected chi connectivity index (χ3v) is 3.33. The summed E-state index contributed by atoms with van der Waals surface area (Å²) in [6.07, 6.45) is 2.42. The average molecular weight is 279 g/mol. The molecule has 98 valence electrons. The summed E-state index contributed by atoms with van der Waals surface area (Å²) in [5, 5.41) is 0.0990. The van der Waals surface area contributed by atoms with Crippen LogP contribution in [0.2, 0.25) is 5.02 Å². The minimum atomic E-state index is -0.434. The third-order valence-electron chi connectivity index (χ3n) is 3.04. The Hall–Kier alpha value is -1.75. The lowest BCUT2D eigenvalue weighted by molar-refractivity contribution is 0.612. The molecule has 4 nitrogen and oxygen atoms in total. The van der Waals surface area contributed by atoms with E-state index in [0.717, 1.165) is 12.8 Å². The van der Waals surface area contributed by atoms with Crippen LogP contribution in [0.15, 0.2) is 18.2 Å². The normalized spacial score (nSPS) is 14.6. The molecule has 19 heavy (non-hydrogen) atoms. The first-order chi connectivity index (χ1) is 9.13. The van der Waals surface area contributed by atoms with E-state index in [-0.39, 0.29) is 17.4 Å². The van der Waals surface area contributed by atoms with Crippen molar-refractivity contribution in [1.82, 2.24) is 15.0 Å². The Morgan fingerprint density at radius 2 is 2.05 bits per heavy atom. The summed E-state index contributed by atoms with van der Waals surface area (Å²) in [5.41, 5.74) is 6.12. The maximum absolute atomic E-state index is 13.8. The van der Waals surface area contributed by atoms with Crippen LogP contribution in [-0.4, -0.2) is 15.0 Å². The molecular weight excluding hydrogens is 267 g/mol. The topological polar surface area (TPSA) is 64.7 Å². The molecule has 1 aliphatic carbocycles. The van der Waals surface area contributed by atoms with E-state index < -0.39 is 5.82 Å². The van der Waals surface area contributed by atoms with E-state index in [1.54, 1.807) is 12.1 Å². The fourth-order valence-electron chi connectivity index (χ4n) is 1.92. The van der Waals surface area contributed by atoms with E-state index >= 15 is 0 Å². The highest BCUT2D eigenvalue weighted by Crippen LogP contribution is 2.38. The highest BCUT2D eigenvalue weighted by molar-refractivity contribution is 6.30. The zero-order valence-corrected chi connectivity index (χ0v) is 10.9. The summed E-state index contributed by atoms with van der Waals surface area (Å²) in [4.78, 5) is 12.5. The number of halogens is 2. The molecule has 0 bridgehead atoms. The third kappa shape index (κ3) is 2.66. The van der Waals surface area contributed by atoms with E-state index in [1.165, 1.54) is 6.07 Å². The van der Waals surface area contributed by atoms with Crippen LogP contribution < -0.4 is 5.73 Å².